The Morgan fingerprint density at radius 2 is 1.73 bits per heavy atom. The lowest BCUT2D eigenvalue weighted by Crippen LogP contribution is -2.27. The topological polar surface area (TPSA) is 29.3 Å². The largest absolute Gasteiger partial charge is 0.365 e. The third kappa shape index (κ3) is 2.69. The normalized spacial score (nSPS) is 11.9. The van der Waals surface area contributed by atoms with Crippen LogP contribution in [0.3, 0.4) is 0 Å². The van der Waals surface area contributed by atoms with Crippen LogP contribution >= 0.6 is 0 Å². The molecule has 3 aromatic rings. The first kappa shape index (κ1) is 14.6. The monoisotopic (exact) mass is 297 g/mol. The third-order valence-electron chi connectivity index (χ3n) is 3.45. The minimum atomic E-state index is -0.242. The number of halogens is 1. The SMILES string of the molecule is Cc1cccc2nc(-c3ccc(F)cc3)c(NC(C)(C)C)n12. The Bertz CT molecular complexity index is 811. The Balaban J connectivity index is 2.26. The van der Waals surface area contributed by atoms with Crippen LogP contribution in [0.15, 0.2) is 42.5 Å². The smallest absolute Gasteiger partial charge is 0.139 e. The van der Waals surface area contributed by atoms with Crippen LogP contribution in [0.1, 0.15) is 26.5 Å². The maximum absolute atomic E-state index is 13.2. The standard InChI is InChI=1S/C18H20FN3/c1-12-6-5-7-15-20-16(13-8-10-14(19)11-9-13)17(22(12)15)21-18(2,3)4/h5-11,21H,1-4H3. The maximum atomic E-state index is 13.2. The summed E-state index contributed by atoms with van der Waals surface area (Å²) in [5, 5.41) is 3.53. The Labute approximate surface area is 129 Å². The molecule has 0 amide bonds. The molecule has 0 radical (unpaired) electrons. The van der Waals surface area contributed by atoms with Crippen LogP contribution in [-0.2, 0) is 0 Å². The molecule has 22 heavy (non-hydrogen) atoms. The number of imidazole rings is 1. The van der Waals surface area contributed by atoms with Gasteiger partial charge in [0, 0.05) is 16.8 Å². The van der Waals surface area contributed by atoms with Crippen LogP contribution in [0.25, 0.3) is 16.9 Å². The molecule has 4 heteroatoms. The molecule has 0 bridgehead atoms. The van der Waals surface area contributed by atoms with Crippen LogP contribution in [0.5, 0.6) is 0 Å². The minimum Gasteiger partial charge on any atom is -0.365 e. The minimum absolute atomic E-state index is 0.104. The highest BCUT2D eigenvalue weighted by atomic mass is 19.1. The first-order valence-electron chi connectivity index (χ1n) is 7.37. The molecule has 0 saturated carbocycles. The summed E-state index contributed by atoms with van der Waals surface area (Å²) in [6.07, 6.45) is 0. The van der Waals surface area contributed by atoms with E-state index in [1.54, 1.807) is 12.1 Å². The fraction of sp³-hybridized carbons (Fsp3) is 0.278. The van der Waals surface area contributed by atoms with Crippen LogP contribution in [0.4, 0.5) is 10.2 Å². The molecule has 1 N–H and O–H groups in total. The molecule has 0 fully saturated rings. The summed E-state index contributed by atoms with van der Waals surface area (Å²) < 4.78 is 15.3. The van der Waals surface area contributed by atoms with E-state index >= 15 is 0 Å². The van der Waals surface area contributed by atoms with Crippen molar-refractivity contribution in [2.24, 2.45) is 0 Å². The molecule has 0 aliphatic rings. The van der Waals surface area contributed by atoms with Crippen LogP contribution < -0.4 is 5.32 Å². The zero-order chi connectivity index (χ0) is 15.9. The van der Waals surface area contributed by atoms with Gasteiger partial charge in [0.2, 0.25) is 0 Å². The number of aryl methyl sites for hydroxylation is 1. The van der Waals surface area contributed by atoms with Crippen molar-refractivity contribution in [2.75, 3.05) is 5.32 Å². The van der Waals surface area contributed by atoms with Crippen molar-refractivity contribution in [1.29, 1.82) is 0 Å². The van der Waals surface area contributed by atoms with E-state index in [1.165, 1.54) is 12.1 Å². The second-order valence-corrected chi connectivity index (χ2v) is 6.55. The van der Waals surface area contributed by atoms with E-state index in [2.05, 4.69) is 43.5 Å². The maximum Gasteiger partial charge on any atom is 0.139 e. The Morgan fingerprint density at radius 3 is 2.36 bits per heavy atom. The second kappa shape index (κ2) is 5.13. The zero-order valence-electron chi connectivity index (χ0n) is 13.3. The highest BCUT2D eigenvalue weighted by Crippen LogP contribution is 2.31. The van der Waals surface area contributed by atoms with Crippen LogP contribution in [-0.4, -0.2) is 14.9 Å². The van der Waals surface area contributed by atoms with E-state index in [4.69, 9.17) is 4.98 Å². The molecule has 0 aliphatic heterocycles. The molecule has 0 unspecified atom stereocenters. The van der Waals surface area contributed by atoms with Gasteiger partial charge < -0.3 is 5.32 Å². The zero-order valence-corrected chi connectivity index (χ0v) is 13.3. The van der Waals surface area contributed by atoms with Crippen molar-refractivity contribution in [3.63, 3.8) is 0 Å². The molecule has 3 rings (SSSR count). The fourth-order valence-electron chi connectivity index (χ4n) is 2.53. The van der Waals surface area contributed by atoms with E-state index in [0.717, 1.165) is 28.4 Å². The number of aromatic nitrogens is 2. The summed E-state index contributed by atoms with van der Waals surface area (Å²) in [6, 6.07) is 12.5. The average Bonchev–Trinajstić information content (AvgIpc) is 2.78. The molecule has 1 aromatic carbocycles. The van der Waals surface area contributed by atoms with Gasteiger partial charge in [0.15, 0.2) is 0 Å². The average molecular weight is 297 g/mol. The van der Waals surface area contributed by atoms with Gasteiger partial charge in [-0.2, -0.15) is 0 Å². The lowest BCUT2D eigenvalue weighted by Gasteiger charge is -2.23. The predicted molar refractivity (Wildman–Crippen MR) is 88.7 cm³/mol. The van der Waals surface area contributed by atoms with Crippen molar-refractivity contribution in [3.05, 3.63) is 54.0 Å². The first-order valence-corrected chi connectivity index (χ1v) is 7.37. The van der Waals surface area contributed by atoms with E-state index < -0.39 is 0 Å². The van der Waals surface area contributed by atoms with Crippen LogP contribution in [0.2, 0.25) is 0 Å². The summed E-state index contributed by atoms with van der Waals surface area (Å²) in [4.78, 5) is 4.74. The van der Waals surface area contributed by atoms with Gasteiger partial charge in [-0.3, -0.25) is 4.40 Å². The van der Waals surface area contributed by atoms with Gasteiger partial charge in [-0.1, -0.05) is 6.07 Å². The molecule has 114 valence electrons. The Hall–Kier alpha value is -2.36. The predicted octanol–water partition coefficient (Wildman–Crippen LogP) is 4.66. The summed E-state index contributed by atoms with van der Waals surface area (Å²) in [5.41, 5.74) is 3.61. The second-order valence-electron chi connectivity index (χ2n) is 6.55. The number of rotatable bonds is 2. The van der Waals surface area contributed by atoms with Gasteiger partial charge in [0.1, 0.15) is 23.0 Å². The molecule has 0 saturated heterocycles. The summed E-state index contributed by atoms with van der Waals surface area (Å²) in [5.74, 6) is 0.696. The number of hydrogen-bond donors (Lipinski definition) is 1. The van der Waals surface area contributed by atoms with Crippen molar-refractivity contribution >= 4 is 11.5 Å². The molecular formula is C18H20FN3. The lowest BCUT2D eigenvalue weighted by molar-refractivity contribution is 0.627. The molecule has 0 atom stereocenters. The van der Waals surface area contributed by atoms with Gasteiger partial charge in [0.25, 0.3) is 0 Å². The number of pyridine rings is 1. The van der Waals surface area contributed by atoms with Gasteiger partial charge in [-0.25, -0.2) is 9.37 Å². The van der Waals surface area contributed by atoms with Crippen molar-refractivity contribution < 1.29 is 4.39 Å². The third-order valence-corrected chi connectivity index (χ3v) is 3.45. The van der Waals surface area contributed by atoms with Gasteiger partial charge in [0.05, 0.1) is 0 Å². The van der Waals surface area contributed by atoms with Gasteiger partial charge in [-0.15, -0.1) is 0 Å². The van der Waals surface area contributed by atoms with Crippen molar-refractivity contribution in [2.45, 2.75) is 33.2 Å². The number of anilines is 1. The van der Waals surface area contributed by atoms with Crippen molar-refractivity contribution in [3.8, 4) is 11.3 Å². The van der Waals surface area contributed by atoms with Gasteiger partial charge >= 0.3 is 0 Å². The van der Waals surface area contributed by atoms with E-state index in [9.17, 15) is 4.39 Å². The fourth-order valence-corrected chi connectivity index (χ4v) is 2.53. The number of nitrogens with zero attached hydrogens (tertiary/aromatic N) is 2. The summed E-state index contributed by atoms with van der Waals surface area (Å²) in [6.45, 7) is 8.38. The Kier molecular flexibility index (Phi) is 3.39. The number of nitrogens with one attached hydrogen (secondary N) is 1. The molecule has 2 aromatic heterocycles. The summed E-state index contributed by atoms with van der Waals surface area (Å²) in [7, 11) is 0. The van der Waals surface area contributed by atoms with E-state index in [-0.39, 0.29) is 11.4 Å². The number of fused-ring (bicyclic) bond motifs is 1. The van der Waals surface area contributed by atoms with Crippen LogP contribution in [0, 0.1) is 12.7 Å². The molecule has 2 heterocycles. The number of hydrogen-bond acceptors (Lipinski definition) is 2. The Morgan fingerprint density at radius 1 is 1.05 bits per heavy atom. The lowest BCUT2D eigenvalue weighted by atomic mass is 10.1. The molecule has 0 aliphatic carbocycles. The molecule has 3 nitrogen and oxygen atoms in total. The van der Waals surface area contributed by atoms with Crippen molar-refractivity contribution in [1.82, 2.24) is 9.38 Å². The number of benzene rings is 1. The van der Waals surface area contributed by atoms with E-state index in [1.807, 2.05) is 12.1 Å². The highest BCUT2D eigenvalue weighted by Gasteiger charge is 2.20. The molecule has 0 spiro atoms. The van der Waals surface area contributed by atoms with E-state index in [0.29, 0.717) is 0 Å². The quantitative estimate of drug-likeness (QED) is 0.745. The van der Waals surface area contributed by atoms with Gasteiger partial charge in [-0.05, 0) is 64.1 Å². The summed E-state index contributed by atoms with van der Waals surface area (Å²) >= 11 is 0. The highest BCUT2D eigenvalue weighted by molar-refractivity contribution is 5.77. The molecular weight excluding hydrogens is 277 g/mol. The first-order chi connectivity index (χ1) is 10.3.